The fourth-order valence-corrected chi connectivity index (χ4v) is 1.26. The largest absolute Gasteiger partial charge is 0.453 e. The van der Waals surface area contributed by atoms with E-state index in [9.17, 15) is 18.0 Å². The minimum atomic E-state index is -4.33. The number of nitrogens with one attached hydrogen (secondary N) is 1. The van der Waals surface area contributed by atoms with Crippen molar-refractivity contribution in [3.63, 3.8) is 0 Å². The number of piperazine rings is 1. The molecule has 1 atom stereocenters. The molecule has 1 N–H and O–H groups in total. The zero-order valence-corrected chi connectivity index (χ0v) is 7.60. The highest BCUT2D eigenvalue weighted by Crippen LogP contribution is 2.22. The molecule has 4 nitrogen and oxygen atoms in total. The van der Waals surface area contributed by atoms with Gasteiger partial charge in [-0.1, -0.05) is 0 Å². The highest BCUT2D eigenvalue weighted by molar-refractivity contribution is 5.67. The SMILES string of the molecule is COC(=O)N1CCNC(C(F)(F)F)C1. The van der Waals surface area contributed by atoms with Gasteiger partial charge in [-0.05, 0) is 0 Å². The lowest BCUT2D eigenvalue weighted by Gasteiger charge is -2.33. The monoisotopic (exact) mass is 212 g/mol. The minimum Gasteiger partial charge on any atom is -0.453 e. The fraction of sp³-hybridized carbons (Fsp3) is 0.857. The van der Waals surface area contributed by atoms with Crippen LogP contribution in [0.1, 0.15) is 0 Å². The van der Waals surface area contributed by atoms with Crippen molar-refractivity contribution in [3.8, 4) is 0 Å². The van der Waals surface area contributed by atoms with E-state index in [4.69, 9.17) is 0 Å². The Morgan fingerprint density at radius 2 is 2.21 bits per heavy atom. The molecule has 0 bridgehead atoms. The third-order valence-electron chi connectivity index (χ3n) is 2.00. The number of halogens is 3. The number of nitrogens with zero attached hydrogens (tertiary/aromatic N) is 1. The molecule has 1 unspecified atom stereocenters. The van der Waals surface area contributed by atoms with Gasteiger partial charge in [0.25, 0.3) is 0 Å². The summed E-state index contributed by atoms with van der Waals surface area (Å²) in [5, 5.41) is 2.29. The quantitative estimate of drug-likeness (QED) is 0.639. The zero-order valence-electron chi connectivity index (χ0n) is 7.60. The molecule has 1 heterocycles. The molecule has 1 rings (SSSR count). The van der Waals surface area contributed by atoms with E-state index in [0.717, 1.165) is 12.0 Å². The molecule has 7 heteroatoms. The number of hydrogen-bond acceptors (Lipinski definition) is 3. The lowest BCUT2D eigenvalue weighted by molar-refractivity contribution is -0.163. The van der Waals surface area contributed by atoms with Crippen LogP contribution in [0.4, 0.5) is 18.0 Å². The molecule has 0 radical (unpaired) electrons. The number of carbonyl (C=O) groups is 1. The van der Waals surface area contributed by atoms with Gasteiger partial charge in [0.1, 0.15) is 6.04 Å². The summed E-state index contributed by atoms with van der Waals surface area (Å²) in [6.07, 6.45) is -5.05. The molecule has 1 fully saturated rings. The molecule has 1 aliphatic heterocycles. The van der Waals surface area contributed by atoms with E-state index in [1.165, 1.54) is 0 Å². The summed E-state index contributed by atoms with van der Waals surface area (Å²) in [4.78, 5) is 12.0. The van der Waals surface area contributed by atoms with Gasteiger partial charge in [-0.2, -0.15) is 13.2 Å². The average Bonchev–Trinajstić information content (AvgIpc) is 2.15. The molecular weight excluding hydrogens is 201 g/mol. The second-order valence-corrected chi connectivity index (χ2v) is 2.96. The van der Waals surface area contributed by atoms with Crippen molar-refractivity contribution in [1.29, 1.82) is 0 Å². The molecule has 0 aliphatic carbocycles. The predicted molar refractivity (Wildman–Crippen MR) is 41.8 cm³/mol. The van der Waals surface area contributed by atoms with Gasteiger partial charge in [-0.25, -0.2) is 4.79 Å². The summed E-state index contributed by atoms with van der Waals surface area (Å²) >= 11 is 0. The molecule has 14 heavy (non-hydrogen) atoms. The molecule has 82 valence electrons. The third kappa shape index (κ3) is 2.50. The maximum Gasteiger partial charge on any atom is 0.409 e. The summed E-state index contributed by atoms with van der Waals surface area (Å²) in [5.41, 5.74) is 0. The number of amides is 1. The van der Waals surface area contributed by atoms with Gasteiger partial charge in [-0.3, -0.25) is 0 Å². The normalized spacial score (nSPS) is 23.4. The second-order valence-electron chi connectivity index (χ2n) is 2.96. The summed E-state index contributed by atoms with van der Waals surface area (Å²) in [6.45, 7) is -0.0330. The number of carbonyl (C=O) groups excluding carboxylic acids is 1. The Balaban J connectivity index is 2.56. The van der Waals surface area contributed by atoms with E-state index >= 15 is 0 Å². The van der Waals surface area contributed by atoms with Crippen molar-refractivity contribution in [2.45, 2.75) is 12.2 Å². The smallest absolute Gasteiger partial charge is 0.409 e. The Labute approximate surface area is 79.0 Å². The van der Waals surface area contributed by atoms with Gasteiger partial charge in [0.15, 0.2) is 0 Å². The Bertz CT molecular complexity index is 219. The summed E-state index contributed by atoms with van der Waals surface area (Å²) < 4.78 is 41.1. The van der Waals surface area contributed by atoms with Crippen LogP contribution in [0.2, 0.25) is 0 Å². The fourth-order valence-electron chi connectivity index (χ4n) is 1.26. The van der Waals surface area contributed by atoms with Gasteiger partial charge < -0.3 is 15.0 Å². The van der Waals surface area contributed by atoms with Crippen molar-refractivity contribution in [2.75, 3.05) is 26.7 Å². The predicted octanol–water partition coefficient (Wildman–Crippen LogP) is 0.589. The number of alkyl halides is 3. The molecule has 0 saturated carbocycles. The summed E-state index contributed by atoms with van der Waals surface area (Å²) in [5.74, 6) is 0. The molecule has 0 aromatic carbocycles. The minimum absolute atomic E-state index is 0.124. The highest BCUT2D eigenvalue weighted by atomic mass is 19.4. The first-order valence-electron chi connectivity index (χ1n) is 4.08. The van der Waals surface area contributed by atoms with Crippen LogP contribution >= 0.6 is 0 Å². The van der Waals surface area contributed by atoms with Crippen LogP contribution in [-0.2, 0) is 4.74 Å². The molecule has 0 aromatic rings. The standard InChI is InChI=1S/C7H11F3N2O2/c1-14-6(13)12-3-2-11-5(4-12)7(8,9)10/h5,11H,2-4H2,1H3. The van der Waals surface area contributed by atoms with Crippen molar-refractivity contribution in [1.82, 2.24) is 10.2 Å². The molecule has 1 aliphatic rings. The molecule has 1 amide bonds. The average molecular weight is 212 g/mol. The van der Waals surface area contributed by atoms with E-state index in [1.54, 1.807) is 0 Å². The molecule has 1 saturated heterocycles. The Kier molecular flexibility index (Phi) is 3.20. The van der Waals surface area contributed by atoms with Crippen molar-refractivity contribution < 1.29 is 22.7 Å². The van der Waals surface area contributed by atoms with Crippen LogP contribution < -0.4 is 5.32 Å². The van der Waals surface area contributed by atoms with Crippen LogP contribution in [0.5, 0.6) is 0 Å². The first-order chi connectivity index (χ1) is 6.45. The first kappa shape index (κ1) is 11.1. The van der Waals surface area contributed by atoms with Crippen LogP contribution in [0.3, 0.4) is 0 Å². The van der Waals surface area contributed by atoms with E-state index in [2.05, 4.69) is 10.1 Å². The topological polar surface area (TPSA) is 41.6 Å². The first-order valence-corrected chi connectivity index (χ1v) is 4.08. The summed E-state index contributed by atoms with van der Waals surface area (Å²) in [7, 11) is 1.15. The van der Waals surface area contributed by atoms with E-state index in [1.807, 2.05) is 0 Å². The van der Waals surface area contributed by atoms with Gasteiger partial charge in [0, 0.05) is 19.6 Å². The van der Waals surface area contributed by atoms with Crippen LogP contribution in [-0.4, -0.2) is 50.0 Å². The summed E-state index contributed by atoms with van der Waals surface area (Å²) in [6, 6.07) is -1.66. The number of methoxy groups -OCH3 is 1. The molecule has 0 spiro atoms. The molecular formula is C7H11F3N2O2. The van der Waals surface area contributed by atoms with Crippen molar-refractivity contribution >= 4 is 6.09 Å². The highest BCUT2D eigenvalue weighted by Gasteiger charge is 2.42. The lowest BCUT2D eigenvalue weighted by Crippen LogP contribution is -2.58. The van der Waals surface area contributed by atoms with Crippen molar-refractivity contribution in [3.05, 3.63) is 0 Å². The number of ether oxygens (including phenoxy) is 1. The van der Waals surface area contributed by atoms with E-state index in [-0.39, 0.29) is 13.1 Å². The van der Waals surface area contributed by atoms with Crippen LogP contribution in [0, 0.1) is 0 Å². The van der Waals surface area contributed by atoms with E-state index in [0.29, 0.717) is 0 Å². The van der Waals surface area contributed by atoms with Gasteiger partial charge in [0.05, 0.1) is 7.11 Å². The number of hydrogen-bond donors (Lipinski definition) is 1. The van der Waals surface area contributed by atoms with Gasteiger partial charge in [-0.15, -0.1) is 0 Å². The lowest BCUT2D eigenvalue weighted by atomic mass is 10.2. The van der Waals surface area contributed by atoms with E-state index < -0.39 is 24.9 Å². The Morgan fingerprint density at radius 1 is 1.57 bits per heavy atom. The van der Waals surface area contributed by atoms with Crippen LogP contribution in [0.15, 0.2) is 0 Å². The number of rotatable bonds is 0. The Hall–Kier alpha value is -0.980. The van der Waals surface area contributed by atoms with Gasteiger partial charge in [0.2, 0.25) is 0 Å². The second kappa shape index (κ2) is 4.04. The Morgan fingerprint density at radius 3 is 2.71 bits per heavy atom. The maximum atomic E-state index is 12.2. The third-order valence-corrected chi connectivity index (χ3v) is 2.00. The zero-order chi connectivity index (χ0) is 10.8. The maximum absolute atomic E-state index is 12.2. The van der Waals surface area contributed by atoms with Crippen molar-refractivity contribution in [2.24, 2.45) is 0 Å². The van der Waals surface area contributed by atoms with Gasteiger partial charge >= 0.3 is 12.3 Å². The van der Waals surface area contributed by atoms with Crippen LogP contribution in [0.25, 0.3) is 0 Å². The molecule has 0 aromatic heterocycles.